The number of hydrogen-bond donors (Lipinski definition) is 0. The molecule has 2 heterocycles. The summed E-state index contributed by atoms with van der Waals surface area (Å²) in [5.41, 5.74) is 0. The van der Waals surface area contributed by atoms with E-state index in [0.29, 0.717) is 18.0 Å². The topological polar surface area (TPSA) is 51.4 Å². The molecule has 0 bridgehead atoms. The molecule has 1 aliphatic heterocycles. The van der Waals surface area contributed by atoms with Crippen molar-refractivity contribution >= 4 is 0 Å². The van der Waals surface area contributed by atoms with Gasteiger partial charge in [0.25, 0.3) is 0 Å². The van der Waals surface area contributed by atoms with E-state index >= 15 is 0 Å². The van der Waals surface area contributed by atoms with Gasteiger partial charge in [0.15, 0.2) is 0 Å². The Bertz CT molecular complexity index is 434. The molecule has 2 aliphatic rings. The molecule has 1 aromatic rings. The molecule has 0 aromatic carbocycles. The second-order valence-electron chi connectivity index (χ2n) is 6.69. The van der Waals surface area contributed by atoms with Crippen LogP contribution >= 0.6 is 0 Å². The minimum atomic E-state index is 0.383. The van der Waals surface area contributed by atoms with Gasteiger partial charge in [0.2, 0.25) is 11.8 Å². The van der Waals surface area contributed by atoms with Crippen LogP contribution in [0, 0.1) is 12.8 Å². The molecule has 0 N–H and O–H groups in total. The smallest absolute Gasteiger partial charge is 0.230 e. The average molecular weight is 293 g/mol. The molecule has 5 nitrogen and oxygen atoms in total. The van der Waals surface area contributed by atoms with E-state index in [9.17, 15) is 0 Å². The van der Waals surface area contributed by atoms with Gasteiger partial charge in [-0.25, -0.2) is 0 Å². The molecule has 1 aliphatic carbocycles. The Labute approximate surface area is 127 Å². The van der Waals surface area contributed by atoms with Crippen molar-refractivity contribution in [3.05, 3.63) is 11.8 Å². The van der Waals surface area contributed by atoms with Crippen LogP contribution in [0.25, 0.3) is 0 Å². The Morgan fingerprint density at radius 3 is 2.57 bits per heavy atom. The lowest BCUT2D eigenvalue weighted by Gasteiger charge is -2.36. The fraction of sp³-hybridized carbons (Fsp3) is 0.875. The largest absolute Gasteiger partial charge is 0.424 e. The number of nitrogens with zero attached hydrogens (tertiary/aromatic N) is 3. The first-order valence-electron chi connectivity index (χ1n) is 8.35. The molecule has 118 valence electrons. The fourth-order valence-electron chi connectivity index (χ4n) is 3.58. The van der Waals surface area contributed by atoms with Crippen molar-refractivity contribution in [3.8, 4) is 0 Å². The highest BCUT2D eigenvalue weighted by Crippen LogP contribution is 2.29. The number of hydrogen-bond acceptors (Lipinski definition) is 5. The van der Waals surface area contributed by atoms with Crippen LogP contribution in [-0.4, -0.2) is 40.4 Å². The highest BCUT2D eigenvalue weighted by molar-refractivity contribution is 4.86. The van der Waals surface area contributed by atoms with Crippen LogP contribution in [0.3, 0.4) is 0 Å². The lowest BCUT2D eigenvalue weighted by Crippen LogP contribution is -2.41. The molecular formula is C16H27N3O2. The molecule has 0 spiro atoms. The Hall–Kier alpha value is -0.940. The van der Waals surface area contributed by atoms with Crippen LogP contribution < -0.4 is 0 Å². The lowest BCUT2D eigenvalue weighted by molar-refractivity contribution is 0.0369. The van der Waals surface area contributed by atoms with E-state index in [1.165, 1.54) is 38.5 Å². The van der Waals surface area contributed by atoms with Gasteiger partial charge >= 0.3 is 0 Å². The zero-order valence-corrected chi connectivity index (χ0v) is 13.3. The van der Waals surface area contributed by atoms with E-state index in [4.69, 9.17) is 9.15 Å². The molecule has 0 amide bonds. The van der Waals surface area contributed by atoms with Crippen LogP contribution in [-0.2, 0) is 11.3 Å². The van der Waals surface area contributed by atoms with Crippen LogP contribution in [0.2, 0.25) is 0 Å². The summed E-state index contributed by atoms with van der Waals surface area (Å²) in [5, 5.41) is 8.12. The Morgan fingerprint density at radius 2 is 1.95 bits per heavy atom. The van der Waals surface area contributed by atoms with E-state index in [1.54, 1.807) is 0 Å². The van der Waals surface area contributed by atoms with E-state index in [-0.39, 0.29) is 0 Å². The second kappa shape index (κ2) is 6.88. The van der Waals surface area contributed by atoms with E-state index in [1.807, 2.05) is 6.92 Å². The molecule has 1 saturated carbocycles. The molecular weight excluding hydrogens is 266 g/mol. The molecule has 1 aromatic heterocycles. The van der Waals surface area contributed by atoms with Crippen LogP contribution in [0.4, 0.5) is 0 Å². The maximum atomic E-state index is 5.83. The van der Waals surface area contributed by atoms with Crippen molar-refractivity contribution in [2.75, 3.05) is 13.2 Å². The van der Waals surface area contributed by atoms with Gasteiger partial charge in [-0.2, -0.15) is 0 Å². The summed E-state index contributed by atoms with van der Waals surface area (Å²) < 4.78 is 11.4. The molecule has 1 saturated heterocycles. The molecule has 2 fully saturated rings. The highest BCUT2D eigenvalue weighted by atomic mass is 16.5. The molecule has 0 radical (unpaired) electrons. The first kappa shape index (κ1) is 15.0. The van der Waals surface area contributed by atoms with Crippen molar-refractivity contribution in [1.29, 1.82) is 0 Å². The number of aromatic nitrogens is 2. The normalized spacial score (nSPS) is 30.1. The summed E-state index contributed by atoms with van der Waals surface area (Å²) >= 11 is 0. The van der Waals surface area contributed by atoms with Gasteiger partial charge in [-0.15, -0.1) is 10.2 Å². The van der Waals surface area contributed by atoms with Crippen LogP contribution in [0.1, 0.15) is 57.2 Å². The molecule has 5 heteroatoms. The second-order valence-corrected chi connectivity index (χ2v) is 6.69. The number of aryl methyl sites for hydroxylation is 1. The summed E-state index contributed by atoms with van der Waals surface area (Å²) in [6.07, 6.45) is 7.98. The first-order chi connectivity index (χ1) is 10.2. The Balaban J connectivity index is 1.64. The summed E-state index contributed by atoms with van der Waals surface area (Å²) in [6, 6.07) is 0.637. The predicted molar refractivity (Wildman–Crippen MR) is 79.8 cm³/mol. The van der Waals surface area contributed by atoms with Crippen molar-refractivity contribution in [2.24, 2.45) is 5.92 Å². The molecule has 1 atom stereocenters. The molecule has 0 unspecified atom stereocenters. The fourth-order valence-corrected chi connectivity index (χ4v) is 3.58. The predicted octanol–water partition coefficient (Wildman–Crippen LogP) is 2.94. The van der Waals surface area contributed by atoms with Gasteiger partial charge < -0.3 is 9.15 Å². The maximum absolute atomic E-state index is 5.83. The van der Waals surface area contributed by atoms with Gasteiger partial charge in [-0.05, 0) is 44.4 Å². The molecule has 21 heavy (non-hydrogen) atoms. The van der Waals surface area contributed by atoms with Gasteiger partial charge in [0, 0.05) is 26.1 Å². The minimum Gasteiger partial charge on any atom is -0.424 e. The minimum absolute atomic E-state index is 0.383. The average Bonchev–Trinajstić information content (AvgIpc) is 3.11. The molecule has 3 rings (SSSR count). The van der Waals surface area contributed by atoms with E-state index < -0.39 is 0 Å². The lowest BCUT2D eigenvalue weighted by atomic mass is 9.86. The van der Waals surface area contributed by atoms with Crippen molar-refractivity contribution in [2.45, 2.75) is 71.1 Å². The third-order valence-corrected chi connectivity index (χ3v) is 4.87. The van der Waals surface area contributed by atoms with Gasteiger partial charge in [0.1, 0.15) is 0 Å². The van der Waals surface area contributed by atoms with Gasteiger partial charge in [0.05, 0.1) is 12.6 Å². The quantitative estimate of drug-likeness (QED) is 0.835. The number of rotatable bonds is 5. The zero-order valence-electron chi connectivity index (χ0n) is 13.3. The SMILES string of the molecule is Cc1nnc(CN(C[C@@H]2CCCO2)C2CCC(C)CC2)o1. The maximum Gasteiger partial charge on any atom is 0.230 e. The Morgan fingerprint density at radius 1 is 1.14 bits per heavy atom. The summed E-state index contributed by atoms with van der Waals surface area (Å²) in [4.78, 5) is 2.52. The third kappa shape index (κ3) is 4.04. The van der Waals surface area contributed by atoms with Crippen molar-refractivity contribution in [1.82, 2.24) is 15.1 Å². The van der Waals surface area contributed by atoms with Crippen LogP contribution in [0.15, 0.2) is 4.42 Å². The monoisotopic (exact) mass is 293 g/mol. The van der Waals surface area contributed by atoms with Crippen molar-refractivity contribution in [3.63, 3.8) is 0 Å². The highest BCUT2D eigenvalue weighted by Gasteiger charge is 2.28. The summed E-state index contributed by atoms with van der Waals surface area (Å²) in [5.74, 6) is 2.26. The van der Waals surface area contributed by atoms with Crippen LogP contribution in [0.5, 0.6) is 0 Å². The summed E-state index contributed by atoms with van der Waals surface area (Å²) in [7, 11) is 0. The third-order valence-electron chi connectivity index (χ3n) is 4.87. The Kier molecular flexibility index (Phi) is 4.91. The van der Waals surface area contributed by atoms with E-state index in [2.05, 4.69) is 22.0 Å². The zero-order chi connectivity index (χ0) is 14.7. The first-order valence-corrected chi connectivity index (χ1v) is 8.35. The van der Waals surface area contributed by atoms with Crippen molar-refractivity contribution < 1.29 is 9.15 Å². The summed E-state index contributed by atoms with van der Waals surface area (Å²) in [6.45, 7) is 6.89. The van der Waals surface area contributed by atoms with Gasteiger partial charge in [-0.3, -0.25) is 4.90 Å². The standard InChI is InChI=1S/C16H27N3O2/c1-12-5-7-14(8-6-12)19(10-15-4-3-9-20-15)11-16-18-17-13(2)21-16/h12,14-15H,3-11H2,1-2H3/t12?,14?,15-/m0/s1. The van der Waals surface area contributed by atoms with Gasteiger partial charge in [-0.1, -0.05) is 6.92 Å². The number of ether oxygens (including phenoxy) is 1. The van der Waals surface area contributed by atoms with E-state index in [0.717, 1.165) is 31.5 Å².